The van der Waals surface area contributed by atoms with E-state index in [0.29, 0.717) is 43.6 Å². The topological polar surface area (TPSA) is 95.9 Å². The SMILES string of the molecule is Fc1c(F)c(F)c(OC2(c3ccccc3)CCNCC2)c(F)c1F.O=C(O)/C=C\C(=O)O. The molecule has 0 bridgehead atoms. The van der Waals surface area contributed by atoms with Crippen LogP contribution in [0, 0.1) is 29.1 Å². The van der Waals surface area contributed by atoms with Gasteiger partial charge in [-0.2, -0.15) is 8.78 Å². The van der Waals surface area contributed by atoms with Crippen molar-refractivity contribution < 1.29 is 46.5 Å². The van der Waals surface area contributed by atoms with E-state index in [2.05, 4.69) is 5.32 Å². The number of carbonyl (C=O) groups is 2. The molecule has 3 rings (SSSR count). The summed E-state index contributed by atoms with van der Waals surface area (Å²) >= 11 is 0. The quantitative estimate of drug-likeness (QED) is 0.273. The minimum absolute atomic E-state index is 0.330. The van der Waals surface area contributed by atoms with Gasteiger partial charge in [0.15, 0.2) is 5.75 Å². The molecule has 1 aliphatic heterocycles. The molecule has 2 aromatic rings. The zero-order chi connectivity index (χ0) is 23.9. The number of benzene rings is 2. The summed E-state index contributed by atoms with van der Waals surface area (Å²) in [6.07, 6.45) is 1.78. The van der Waals surface area contributed by atoms with Crippen molar-refractivity contribution in [3.05, 3.63) is 77.1 Å². The lowest BCUT2D eigenvalue weighted by Gasteiger charge is -2.38. The van der Waals surface area contributed by atoms with E-state index in [1.165, 1.54) is 0 Å². The highest BCUT2D eigenvalue weighted by Crippen LogP contribution is 2.39. The number of rotatable bonds is 5. The molecule has 1 heterocycles. The van der Waals surface area contributed by atoms with E-state index in [4.69, 9.17) is 14.9 Å². The lowest BCUT2D eigenvalue weighted by molar-refractivity contribution is -0.134. The van der Waals surface area contributed by atoms with Gasteiger partial charge in [0, 0.05) is 25.0 Å². The van der Waals surface area contributed by atoms with Crippen LogP contribution < -0.4 is 10.1 Å². The molecule has 6 nitrogen and oxygen atoms in total. The molecule has 0 amide bonds. The molecule has 0 unspecified atom stereocenters. The fourth-order valence-corrected chi connectivity index (χ4v) is 3.03. The van der Waals surface area contributed by atoms with Gasteiger partial charge in [-0.1, -0.05) is 30.3 Å². The van der Waals surface area contributed by atoms with E-state index >= 15 is 0 Å². The van der Waals surface area contributed by atoms with Crippen molar-refractivity contribution in [2.24, 2.45) is 0 Å². The first-order valence-electron chi connectivity index (χ1n) is 9.19. The molecule has 172 valence electrons. The van der Waals surface area contributed by atoms with Gasteiger partial charge in [0.25, 0.3) is 0 Å². The Morgan fingerprint density at radius 3 is 1.69 bits per heavy atom. The third kappa shape index (κ3) is 5.82. The fourth-order valence-electron chi connectivity index (χ4n) is 3.03. The van der Waals surface area contributed by atoms with Crippen molar-refractivity contribution in [2.75, 3.05) is 13.1 Å². The van der Waals surface area contributed by atoms with Crippen LogP contribution in [0.5, 0.6) is 5.75 Å². The number of carboxylic acid groups (broad SMARTS) is 2. The van der Waals surface area contributed by atoms with Crippen LogP contribution in [0.4, 0.5) is 22.0 Å². The first kappa shape index (κ1) is 24.8. The highest BCUT2D eigenvalue weighted by Gasteiger charge is 2.39. The van der Waals surface area contributed by atoms with E-state index in [1.807, 2.05) is 0 Å². The Morgan fingerprint density at radius 1 is 0.812 bits per heavy atom. The highest BCUT2D eigenvalue weighted by molar-refractivity contribution is 5.89. The summed E-state index contributed by atoms with van der Waals surface area (Å²) in [4.78, 5) is 19.1. The minimum Gasteiger partial charge on any atom is -0.478 e. The summed E-state index contributed by atoms with van der Waals surface area (Å²) in [7, 11) is 0. The molecule has 32 heavy (non-hydrogen) atoms. The van der Waals surface area contributed by atoms with Gasteiger partial charge in [-0.25, -0.2) is 22.8 Å². The van der Waals surface area contributed by atoms with Gasteiger partial charge in [-0.05, 0) is 18.7 Å². The Kier molecular flexibility index (Phi) is 8.30. The third-order valence-corrected chi connectivity index (χ3v) is 4.55. The largest absolute Gasteiger partial charge is 0.478 e. The van der Waals surface area contributed by atoms with Crippen LogP contribution in [0.25, 0.3) is 0 Å². The van der Waals surface area contributed by atoms with Crippen LogP contribution in [0.1, 0.15) is 18.4 Å². The molecule has 0 saturated carbocycles. The minimum atomic E-state index is -2.20. The average Bonchev–Trinajstić information content (AvgIpc) is 2.79. The maximum atomic E-state index is 14.0. The summed E-state index contributed by atoms with van der Waals surface area (Å²) < 4.78 is 73.5. The van der Waals surface area contributed by atoms with Gasteiger partial charge in [-0.3, -0.25) is 0 Å². The second kappa shape index (κ2) is 10.7. The van der Waals surface area contributed by atoms with Gasteiger partial charge in [0.1, 0.15) is 5.60 Å². The average molecular weight is 459 g/mol. The molecule has 1 saturated heterocycles. The third-order valence-electron chi connectivity index (χ3n) is 4.55. The van der Waals surface area contributed by atoms with E-state index in [9.17, 15) is 31.5 Å². The van der Waals surface area contributed by atoms with Crippen molar-refractivity contribution in [1.82, 2.24) is 5.32 Å². The van der Waals surface area contributed by atoms with Crippen molar-refractivity contribution in [2.45, 2.75) is 18.4 Å². The van der Waals surface area contributed by atoms with Crippen molar-refractivity contribution in [3.63, 3.8) is 0 Å². The summed E-state index contributed by atoms with van der Waals surface area (Å²) in [5.41, 5.74) is -0.541. The Morgan fingerprint density at radius 2 is 1.25 bits per heavy atom. The Balaban J connectivity index is 0.000000390. The van der Waals surface area contributed by atoms with Gasteiger partial charge in [0.2, 0.25) is 29.1 Å². The van der Waals surface area contributed by atoms with Gasteiger partial charge >= 0.3 is 11.9 Å². The normalized spacial score (nSPS) is 15.0. The van der Waals surface area contributed by atoms with Gasteiger partial charge < -0.3 is 20.3 Å². The van der Waals surface area contributed by atoms with Crippen molar-refractivity contribution >= 4 is 11.9 Å². The zero-order valence-corrected chi connectivity index (χ0v) is 16.4. The van der Waals surface area contributed by atoms with Crippen LogP contribution in [-0.4, -0.2) is 35.2 Å². The van der Waals surface area contributed by atoms with Crippen LogP contribution >= 0.6 is 0 Å². The number of aliphatic carboxylic acids is 2. The molecule has 0 atom stereocenters. The van der Waals surface area contributed by atoms with Gasteiger partial charge in [0.05, 0.1) is 0 Å². The number of carboxylic acids is 2. The van der Waals surface area contributed by atoms with Crippen LogP contribution in [0.3, 0.4) is 0 Å². The van der Waals surface area contributed by atoms with E-state index in [1.54, 1.807) is 30.3 Å². The number of ether oxygens (including phenoxy) is 1. The van der Waals surface area contributed by atoms with Crippen molar-refractivity contribution in [1.29, 1.82) is 0 Å². The predicted octanol–water partition coefficient (Wildman–Crippen LogP) is 3.75. The summed E-state index contributed by atoms with van der Waals surface area (Å²) in [5.74, 6) is -13.9. The van der Waals surface area contributed by atoms with Crippen LogP contribution in [-0.2, 0) is 15.2 Å². The molecule has 0 radical (unpaired) electrons. The Bertz CT molecular complexity index is 962. The molecular weight excluding hydrogens is 441 g/mol. The lowest BCUT2D eigenvalue weighted by atomic mass is 9.84. The Hall–Kier alpha value is -3.47. The molecule has 1 aliphatic rings. The highest BCUT2D eigenvalue weighted by atomic mass is 19.2. The summed E-state index contributed by atoms with van der Waals surface area (Å²) in [5, 5.41) is 18.7. The number of halogens is 5. The second-order valence-electron chi connectivity index (χ2n) is 6.62. The number of piperidine rings is 1. The molecule has 0 aliphatic carbocycles. The first-order chi connectivity index (χ1) is 15.1. The molecule has 3 N–H and O–H groups in total. The maximum absolute atomic E-state index is 14.0. The van der Waals surface area contributed by atoms with E-state index < -0.39 is 52.4 Å². The Labute approximate surface area is 178 Å². The molecule has 11 heteroatoms. The monoisotopic (exact) mass is 459 g/mol. The number of hydrogen-bond donors (Lipinski definition) is 3. The van der Waals surface area contributed by atoms with E-state index in [0.717, 1.165) is 0 Å². The van der Waals surface area contributed by atoms with Crippen LogP contribution in [0.2, 0.25) is 0 Å². The second-order valence-corrected chi connectivity index (χ2v) is 6.62. The molecule has 0 aromatic heterocycles. The fraction of sp³-hybridized carbons (Fsp3) is 0.238. The van der Waals surface area contributed by atoms with E-state index in [-0.39, 0.29) is 0 Å². The van der Waals surface area contributed by atoms with Gasteiger partial charge in [-0.15, -0.1) is 0 Å². The molecule has 0 spiro atoms. The standard InChI is InChI=1S/C17H14F5NO.C4H4O4/c18-11-12(19)14(21)16(15(22)13(11)20)24-17(6-8-23-9-7-17)10-4-2-1-3-5-10;5-3(6)1-2-4(7)8/h1-5,23H,6-9H2;1-2H,(H,5,6)(H,7,8)/b;2-1-. The van der Waals surface area contributed by atoms with Crippen LogP contribution in [0.15, 0.2) is 42.5 Å². The lowest BCUT2D eigenvalue weighted by Crippen LogP contribution is -2.44. The summed E-state index contributed by atoms with van der Waals surface area (Å²) in [6.45, 7) is 0.981. The number of hydrogen-bond acceptors (Lipinski definition) is 4. The molecule has 1 fully saturated rings. The maximum Gasteiger partial charge on any atom is 0.328 e. The smallest absolute Gasteiger partial charge is 0.328 e. The first-order valence-corrected chi connectivity index (χ1v) is 9.19. The molecule has 2 aromatic carbocycles. The zero-order valence-electron chi connectivity index (χ0n) is 16.4. The summed E-state index contributed by atoms with van der Waals surface area (Å²) in [6, 6.07) is 8.62. The number of nitrogens with one attached hydrogen (secondary N) is 1. The van der Waals surface area contributed by atoms with Crippen molar-refractivity contribution in [3.8, 4) is 5.75 Å². The molecular formula is C21H18F5NO5. The predicted molar refractivity (Wildman–Crippen MR) is 101 cm³/mol.